The van der Waals surface area contributed by atoms with Gasteiger partial charge < -0.3 is 9.73 Å². The fraction of sp³-hybridized carbons (Fsp3) is 0.714. The van der Waals surface area contributed by atoms with Crippen LogP contribution in [0.25, 0.3) is 0 Å². The average molecular weight is 223 g/mol. The van der Waals surface area contributed by atoms with E-state index in [9.17, 15) is 0 Å². The first-order valence-electron chi connectivity index (χ1n) is 6.28. The Kier molecular flexibility index (Phi) is 5.07. The highest BCUT2D eigenvalue weighted by Crippen LogP contribution is 2.15. The molecule has 0 saturated heterocycles. The Bertz CT molecular complexity index is 271. The molecule has 1 aromatic heterocycles. The molecule has 1 unspecified atom stereocenters. The number of furan rings is 1. The van der Waals surface area contributed by atoms with Crippen LogP contribution < -0.4 is 5.32 Å². The summed E-state index contributed by atoms with van der Waals surface area (Å²) in [4.78, 5) is 0. The van der Waals surface area contributed by atoms with E-state index in [1.807, 2.05) is 6.07 Å². The highest BCUT2D eigenvalue weighted by molar-refractivity contribution is 4.99. The van der Waals surface area contributed by atoms with Gasteiger partial charge in [-0.25, -0.2) is 0 Å². The zero-order valence-electron chi connectivity index (χ0n) is 11.0. The van der Waals surface area contributed by atoms with Gasteiger partial charge in [0.15, 0.2) is 0 Å². The molecule has 0 saturated carbocycles. The maximum atomic E-state index is 5.41. The monoisotopic (exact) mass is 223 g/mol. The highest BCUT2D eigenvalue weighted by atomic mass is 16.3. The molecule has 0 bridgehead atoms. The van der Waals surface area contributed by atoms with Crippen molar-refractivity contribution in [1.82, 2.24) is 5.32 Å². The molecule has 1 rings (SSSR count). The molecule has 0 aromatic carbocycles. The van der Waals surface area contributed by atoms with Gasteiger partial charge in [0.25, 0.3) is 0 Å². The SMILES string of the molecule is CCCC(CNC(C)(C)C)Cc1ccco1. The number of rotatable bonds is 6. The van der Waals surface area contributed by atoms with E-state index in [-0.39, 0.29) is 5.54 Å². The summed E-state index contributed by atoms with van der Waals surface area (Å²) in [6, 6.07) is 4.04. The lowest BCUT2D eigenvalue weighted by molar-refractivity contribution is 0.339. The van der Waals surface area contributed by atoms with Gasteiger partial charge in [0.05, 0.1) is 6.26 Å². The van der Waals surface area contributed by atoms with Crippen molar-refractivity contribution in [2.45, 2.75) is 52.5 Å². The standard InChI is InChI=1S/C14H25NO/c1-5-7-12(11-15-14(2,3)4)10-13-8-6-9-16-13/h6,8-9,12,15H,5,7,10-11H2,1-4H3. The van der Waals surface area contributed by atoms with Crippen molar-refractivity contribution in [2.24, 2.45) is 5.92 Å². The summed E-state index contributed by atoms with van der Waals surface area (Å²) in [6.07, 6.45) is 5.29. The minimum atomic E-state index is 0.204. The first kappa shape index (κ1) is 13.3. The largest absolute Gasteiger partial charge is 0.469 e. The molecule has 0 fully saturated rings. The molecule has 16 heavy (non-hydrogen) atoms. The summed E-state index contributed by atoms with van der Waals surface area (Å²) in [6.45, 7) is 9.94. The van der Waals surface area contributed by atoms with E-state index in [0.29, 0.717) is 5.92 Å². The Labute approximate surface area is 99.4 Å². The van der Waals surface area contributed by atoms with Gasteiger partial charge in [0.1, 0.15) is 5.76 Å². The second-order valence-electron chi connectivity index (χ2n) is 5.57. The Morgan fingerprint density at radius 2 is 2.12 bits per heavy atom. The Morgan fingerprint density at radius 3 is 2.62 bits per heavy atom. The van der Waals surface area contributed by atoms with Crippen molar-refractivity contribution < 1.29 is 4.42 Å². The Hall–Kier alpha value is -0.760. The van der Waals surface area contributed by atoms with Gasteiger partial charge in [0.2, 0.25) is 0 Å². The number of nitrogens with one attached hydrogen (secondary N) is 1. The Morgan fingerprint density at radius 1 is 1.38 bits per heavy atom. The molecule has 2 nitrogen and oxygen atoms in total. The minimum absolute atomic E-state index is 0.204. The van der Waals surface area contributed by atoms with Crippen LogP contribution in [0.2, 0.25) is 0 Å². The molecule has 0 aliphatic rings. The van der Waals surface area contributed by atoms with Crippen molar-refractivity contribution in [3.05, 3.63) is 24.2 Å². The van der Waals surface area contributed by atoms with E-state index in [0.717, 1.165) is 18.7 Å². The quantitative estimate of drug-likeness (QED) is 0.796. The van der Waals surface area contributed by atoms with Crippen LogP contribution in [-0.2, 0) is 6.42 Å². The summed E-state index contributed by atoms with van der Waals surface area (Å²) in [7, 11) is 0. The third-order valence-electron chi connectivity index (χ3n) is 2.69. The fourth-order valence-electron chi connectivity index (χ4n) is 1.85. The van der Waals surface area contributed by atoms with Crippen LogP contribution in [0.3, 0.4) is 0 Å². The molecular formula is C14H25NO. The van der Waals surface area contributed by atoms with Gasteiger partial charge in [-0.15, -0.1) is 0 Å². The molecular weight excluding hydrogens is 198 g/mol. The second kappa shape index (κ2) is 6.09. The van der Waals surface area contributed by atoms with E-state index in [2.05, 4.69) is 39.1 Å². The van der Waals surface area contributed by atoms with E-state index in [1.54, 1.807) is 6.26 Å². The fourth-order valence-corrected chi connectivity index (χ4v) is 1.85. The lowest BCUT2D eigenvalue weighted by Crippen LogP contribution is -2.39. The van der Waals surface area contributed by atoms with Crippen LogP contribution in [0.5, 0.6) is 0 Å². The van der Waals surface area contributed by atoms with Crippen molar-refractivity contribution in [1.29, 1.82) is 0 Å². The molecule has 0 spiro atoms. The van der Waals surface area contributed by atoms with Crippen molar-refractivity contribution >= 4 is 0 Å². The topological polar surface area (TPSA) is 25.2 Å². The van der Waals surface area contributed by atoms with Crippen LogP contribution in [0.1, 0.15) is 46.3 Å². The maximum Gasteiger partial charge on any atom is 0.104 e. The molecule has 1 heterocycles. The molecule has 1 atom stereocenters. The summed E-state index contributed by atoms with van der Waals surface area (Å²) in [5.41, 5.74) is 0.204. The summed E-state index contributed by atoms with van der Waals surface area (Å²) in [5, 5.41) is 3.58. The second-order valence-corrected chi connectivity index (χ2v) is 5.57. The van der Waals surface area contributed by atoms with Gasteiger partial charge in [-0.1, -0.05) is 13.3 Å². The molecule has 0 amide bonds. The predicted octanol–water partition coefficient (Wildman–Crippen LogP) is 3.63. The van der Waals surface area contributed by atoms with E-state index < -0.39 is 0 Å². The van der Waals surface area contributed by atoms with Gasteiger partial charge in [-0.3, -0.25) is 0 Å². The van der Waals surface area contributed by atoms with Crippen LogP contribution >= 0.6 is 0 Å². The van der Waals surface area contributed by atoms with Crippen LogP contribution in [-0.4, -0.2) is 12.1 Å². The Balaban J connectivity index is 2.41. The molecule has 0 aliphatic carbocycles. The van der Waals surface area contributed by atoms with Crippen molar-refractivity contribution in [3.8, 4) is 0 Å². The predicted molar refractivity (Wildman–Crippen MR) is 68.6 cm³/mol. The molecule has 92 valence electrons. The molecule has 2 heteroatoms. The van der Waals surface area contributed by atoms with Gasteiger partial charge in [-0.2, -0.15) is 0 Å². The summed E-state index contributed by atoms with van der Waals surface area (Å²) >= 11 is 0. The van der Waals surface area contributed by atoms with Crippen LogP contribution in [0.4, 0.5) is 0 Å². The van der Waals surface area contributed by atoms with E-state index in [4.69, 9.17) is 4.42 Å². The van der Waals surface area contributed by atoms with E-state index in [1.165, 1.54) is 12.8 Å². The zero-order chi connectivity index (χ0) is 12.0. The third-order valence-corrected chi connectivity index (χ3v) is 2.69. The zero-order valence-corrected chi connectivity index (χ0v) is 11.0. The minimum Gasteiger partial charge on any atom is -0.469 e. The molecule has 1 N–H and O–H groups in total. The first-order chi connectivity index (χ1) is 7.51. The maximum absolute atomic E-state index is 5.41. The van der Waals surface area contributed by atoms with E-state index >= 15 is 0 Å². The lowest BCUT2D eigenvalue weighted by Gasteiger charge is -2.24. The molecule has 0 aliphatic heterocycles. The smallest absolute Gasteiger partial charge is 0.104 e. The lowest BCUT2D eigenvalue weighted by atomic mass is 9.97. The number of hydrogen-bond acceptors (Lipinski definition) is 2. The van der Waals surface area contributed by atoms with Crippen LogP contribution in [0.15, 0.2) is 22.8 Å². The normalized spacial score (nSPS) is 14.0. The van der Waals surface area contributed by atoms with Crippen molar-refractivity contribution in [2.75, 3.05) is 6.54 Å². The van der Waals surface area contributed by atoms with Gasteiger partial charge in [0, 0.05) is 12.0 Å². The molecule has 1 aromatic rings. The molecule has 0 radical (unpaired) electrons. The average Bonchev–Trinajstić information content (AvgIpc) is 2.66. The van der Waals surface area contributed by atoms with Gasteiger partial charge >= 0.3 is 0 Å². The highest BCUT2D eigenvalue weighted by Gasteiger charge is 2.15. The summed E-state index contributed by atoms with van der Waals surface area (Å²) in [5.74, 6) is 1.78. The third kappa shape index (κ3) is 5.36. The first-order valence-corrected chi connectivity index (χ1v) is 6.28. The number of hydrogen-bond donors (Lipinski definition) is 1. The van der Waals surface area contributed by atoms with Gasteiger partial charge in [-0.05, 0) is 51.8 Å². The van der Waals surface area contributed by atoms with Crippen molar-refractivity contribution in [3.63, 3.8) is 0 Å². The van der Waals surface area contributed by atoms with Crippen LogP contribution in [0, 0.1) is 5.92 Å². The summed E-state index contributed by atoms with van der Waals surface area (Å²) < 4.78 is 5.41.